The van der Waals surface area contributed by atoms with E-state index in [0.29, 0.717) is 12.1 Å². The molecule has 3 unspecified atom stereocenters. The minimum absolute atomic E-state index is 0.124. The maximum atomic E-state index is 10.8. The molecule has 2 fully saturated rings. The van der Waals surface area contributed by atoms with Gasteiger partial charge < -0.3 is 11.1 Å². The Morgan fingerprint density at radius 1 is 1.50 bits per heavy atom. The van der Waals surface area contributed by atoms with E-state index in [0.717, 1.165) is 12.8 Å². The largest absolute Gasteiger partial charge is 0.369 e. The molecular formula is C7H12N2O. The van der Waals surface area contributed by atoms with Gasteiger partial charge in [-0.05, 0) is 19.3 Å². The van der Waals surface area contributed by atoms with Crippen molar-refractivity contribution in [1.29, 1.82) is 0 Å². The highest BCUT2D eigenvalue weighted by Crippen LogP contribution is 2.32. The highest BCUT2D eigenvalue weighted by Gasteiger charge is 2.41. The molecule has 0 aromatic heterocycles. The highest BCUT2D eigenvalue weighted by atomic mass is 16.1. The normalized spacial score (nSPS) is 44.2. The van der Waals surface area contributed by atoms with E-state index >= 15 is 0 Å². The zero-order chi connectivity index (χ0) is 7.14. The van der Waals surface area contributed by atoms with Crippen LogP contribution in [0.15, 0.2) is 0 Å². The molecule has 3 nitrogen and oxygen atoms in total. The highest BCUT2D eigenvalue weighted by molar-refractivity contribution is 5.78. The molecule has 2 heterocycles. The van der Waals surface area contributed by atoms with Gasteiger partial charge in [0.2, 0.25) is 5.91 Å². The van der Waals surface area contributed by atoms with Gasteiger partial charge in [0.1, 0.15) is 0 Å². The van der Waals surface area contributed by atoms with Crippen LogP contribution in [0.3, 0.4) is 0 Å². The van der Waals surface area contributed by atoms with Gasteiger partial charge in [0.05, 0.1) is 5.92 Å². The first-order valence-electron chi connectivity index (χ1n) is 3.83. The zero-order valence-electron chi connectivity index (χ0n) is 5.84. The van der Waals surface area contributed by atoms with E-state index < -0.39 is 0 Å². The van der Waals surface area contributed by atoms with Crippen LogP contribution >= 0.6 is 0 Å². The molecule has 2 saturated heterocycles. The summed E-state index contributed by atoms with van der Waals surface area (Å²) < 4.78 is 0. The van der Waals surface area contributed by atoms with Crippen molar-refractivity contribution in [3.8, 4) is 0 Å². The minimum Gasteiger partial charge on any atom is -0.369 e. The average Bonchev–Trinajstić information content (AvgIpc) is 2.44. The summed E-state index contributed by atoms with van der Waals surface area (Å²) in [6.07, 6.45) is 3.34. The Morgan fingerprint density at radius 3 is 2.60 bits per heavy atom. The van der Waals surface area contributed by atoms with E-state index in [1.165, 1.54) is 6.42 Å². The standard InChI is InChI=1S/C7H12N2O/c8-7(10)5-3-4-1-2-6(5)9-4/h4-6,9H,1-3H2,(H2,8,10). The average molecular weight is 140 g/mol. The molecule has 2 bridgehead atoms. The van der Waals surface area contributed by atoms with Gasteiger partial charge in [0.25, 0.3) is 0 Å². The first-order valence-corrected chi connectivity index (χ1v) is 3.83. The number of carbonyl (C=O) groups is 1. The molecule has 10 heavy (non-hydrogen) atoms. The molecule has 0 spiro atoms. The lowest BCUT2D eigenvalue weighted by atomic mass is 9.89. The fraction of sp³-hybridized carbons (Fsp3) is 0.857. The van der Waals surface area contributed by atoms with E-state index in [-0.39, 0.29) is 11.8 Å². The fourth-order valence-electron chi connectivity index (χ4n) is 2.14. The van der Waals surface area contributed by atoms with Gasteiger partial charge in [-0.1, -0.05) is 0 Å². The number of fused-ring (bicyclic) bond motifs is 2. The molecule has 2 aliphatic heterocycles. The number of primary amides is 1. The second-order valence-corrected chi connectivity index (χ2v) is 3.29. The molecule has 0 radical (unpaired) electrons. The Morgan fingerprint density at radius 2 is 2.30 bits per heavy atom. The number of hydrogen-bond donors (Lipinski definition) is 2. The van der Waals surface area contributed by atoms with Crippen molar-refractivity contribution in [1.82, 2.24) is 5.32 Å². The lowest BCUT2D eigenvalue weighted by Gasteiger charge is -2.15. The van der Waals surface area contributed by atoms with E-state index in [4.69, 9.17) is 5.73 Å². The topological polar surface area (TPSA) is 55.1 Å². The monoisotopic (exact) mass is 140 g/mol. The van der Waals surface area contributed by atoms with Gasteiger partial charge in [-0.3, -0.25) is 4.79 Å². The van der Waals surface area contributed by atoms with Crippen LogP contribution in [-0.4, -0.2) is 18.0 Å². The molecule has 0 saturated carbocycles. The third kappa shape index (κ3) is 0.736. The second-order valence-electron chi connectivity index (χ2n) is 3.29. The van der Waals surface area contributed by atoms with Crippen molar-refractivity contribution < 1.29 is 4.79 Å². The van der Waals surface area contributed by atoms with Gasteiger partial charge in [-0.15, -0.1) is 0 Å². The number of amides is 1. The summed E-state index contributed by atoms with van der Waals surface area (Å²) in [5.74, 6) is -0.00144. The SMILES string of the molecule is NC(=O)C1CC2CCC1N2. The van der Waals surface area contributed by atoms with Crippen molar-refractivity contribution in [3.63, 3.8) is 0 Å². The van der Waals surface area contributed by atoms with Crippen LogP contribution in [0.4, 0.5) is 0 Å². The van der Waals surface area contributed by atoms with Crippen molar-refractivity contribution >= 4 is 5.91 Å². The van der Waals surface area contributed by atoms with Crippen LogP contribution in [-0.2, 0) is 4.79 Å². The molecule has 1 amide bonds. The lowest BCUT2D eigenvalue weighted by Crippen LogP contribution is -2.33. The summed E-state index contributed by atoms with van der Waals surface area (Å²) in [4.78, 5) is 10.8. The van der Waals surface area contributed by atoms with Crippen molar-refractivity contribution in [2.75, 3.05) is 0 Å². The van der Waals surface area contributed by atoms with Gasteiger partial charge in [0, 0.05) is 12.1 Å². The van der Waals surface area contributed by atoms with E-state index in [9.17, 15) is 4.79 Å². The van der Waals surface area contributed by atoms with Crippen LogP contribution < -0.4 is 11.1 Å². The van der Waals surface area contributed by atoms with Gasteiger partial charge in [0.15, 0.2) is 0 Å². The van der Waals surface area contributed by atoms with Crippen molar-refractivity contribution in [2.24, 2.45) is 11.7 Å². The molecule has 3 atom stereocenters. The van der Waals surface area contributed by atoms with E-state index in [2.05, 4.69) is 5.32 Å². The predicted molar refractivity (Wildman–Crippen MR) is 37.2 cm³/mol. The first kappa shape index (κ1) is 6.16. The third-order valence-electron chi connectivity index (χ3n) is 2.67. The predicted octanol–water partition coefficient (Wildman–Crippen LogP) is -0.388. The smallest absolute Gasteiger partial charge is 0.222 e. The van der Waals surface area contributed by atoms with Crippen molar-refractivity contribution in [2.45, 2.75) is 31.3 Å². The minimum atomic E-state index is -0.125. The third-order valence-corrected chi connectivity index (χ3v) is 2.67. The number of nitrogens with two attached hydrogens (primary N) is 1. The molecule has 56 valence electrons. The molecule has 0 aliphatic carbocycles. The summed E-state index contributed by atoms with van der Waals surface area (Å²) in [6, 6.07) is 0.991. The zero-order valence-corrected chi connectivity index (χ0v) is 5.84. The number of hydrogen-bond acceptors (Lipinski definition) is 2. The fourth-order valence-corrected chi connectivity index (χ4v) is 2.14. The maximum Gasteiger partial charge on any atom is 0.222 e. The molecule has 2 aliphatic rings. The van der Waals surface area contributed by atoms with Crippen molar-refractivity contribution in [3.05, 3.63) is 0 Å². The summed E-state index contributed by atoms with van der Waals surface area (Å²) in [5.41, 5.74) is 5.21. The second kappa shape index (κ2) is 1.95. The summed E-state index contributed by atoms with van der Waals surface area (Å²) in [6.45, 7) is 0. The summed E-state index contributed by atoms with van der Waals surface area (Å²) >= 11 is 0. The summed E-state index contributed by atoms with van der Waals surface area (Å²) in [7, 11) is 0. The Balaban J connectivity index is 2.08. The Bertz CT molecular complexity index is 169. The quantitative estimate of drug-likeness (QED) is 0.521. The van der Waals surface area contributed by atoms with Gasteiger partial charge in [-0.2, -0.15) is 0 Å². The Labute approximate surface area is 60.0 Å². The Hall–Kier alpha value is -0.570. The van der Waals surface area contributed by atoms with Crippen LogP contribution in [0, 0.1) is 5.92 Å². The number of rotatable bonds is 1. The van der Waals surface area contributed by atoms with E-state index in [1.54, 1.807) is 0 Å². The number of nitrogens with one attached hydrogen (secondary N) is 1. The maximum absolute atomic E-state index is 10.8. The molecule has 2 rings (SSSR count). The van der Waals surface area contributed by atoms with Crippen LogP contribution in [0.1, 0.15) is 19.3 Å². The lowest BCUT2D eigenvalue weighted by molar-refractivity contribution is -0.122. The van der Waals surface area contributed by atoms with E-state index in [1.807, 2.05) is 0 Å². The Kier molecular flexibility index (Phi) is 1.20. The van der Waals surface area contributed by atoms with Gasteiger partial charge >= 0.3 is 0 Å². The molecule has 3 N–H and O–H groups in total. The molecule has 3 heteroatoms. The number of carbonyl (C=O) groups excluding carboxylic acids is 1. The van der Waals surface area contributed by atoms with Crippen LogP contribution in [0.5, 0.6) is 0 Å². The van der Waals surface area contributed by atoms with Crippen LogP contribution in [0.25, 0.3) is 0 Å². The molecule has 0 aromatic rings. The first-order chi connectivity index (χ1) is 4.77. The summed E-state index contributed by atoms with van der Waals surface area (Å²) in [5, 5.41) is 3.36. The molecular weight excluding hydrogens is 128 g/mol. The molecule has 0 aromatic carbocycles. The van der Waals surface area contributed by atoms with Gasteiger partial charge in [-0.25, -0.2) is 0 Å². The van der Waals surface area contributed by atoms with Crippen LogP contribution in [0.2, 0.25) is 0 Å².